The van der Waals surface area contributed by atoms with Crippen LogP contribution in [0.25, 0.3) is 6.08 Å². The summed E-state index contributed by atoms with van der Waals surface area (Å²) in [7, 11) is 0. The summed E-state index contributed by atoms with van der Waals surface area (Å²) in [5.41, 5.74) is 1.72. The predicted molar refractivity (Wildman–Crippen MR) is 149 cm³/mol. The van der Waals surface area contributed by atoms with E-state index in [1.54, 1.807) is 24.3 Å². The summed E-state index contributed by atoms with van der Waals surface area (Å²) in [6.07, 6.45) is 2.84. The number of non-ortho nitro benzene ring substituents is 1. The zero-order chi connectivity index (χ0) is 27.4. The van der Waals surface area contributed by atoms with Gasteiger partial charge in [-0.3, -0.25) is 24.6 Å². The van der Waals surface area contributed by atoms with Gasteiger partial charge in [-0.05, 0) is 22.8 Å². The summed E-state index contributed by atoms with van der Waals surface area (Å²) in [5.74, 6) is -1.54. The van der Waals surface area contributed by atoms with Crippen LogP contribution < -0.4 is 4.90 Å². The molecule has 39 heavy (non-hydrogen) atoms. The highest BCUT2D eigenvalue weighted by molar-refractivity contribution is 8.00. The fraction of sp³-hybridized carbons (Fsp3) is 0.0714. The summed E-state index contributed by atoms with van der Waals surface area (Å²) >= 11 is 2.57. The van der Waals surface area contributed by atoms with Crippen molar-refractivity contribution in [3.8, 4) is 0 Å². The van der Waals surface area contributed by atoms with Gasteiger partial charge in [-0.2, -0.15) is 0 Å². The largest absolute Gasteiger partial charge is 0.503 e. The molecular weight excluding hydrogens is 536 g/mol. The average Bonchev–Trinajstić information content (AvgIpc) is 3.53. The van der Waals surface area contributed by atoms with Gasteiger partial charge in [-0.15, -0.1) is 10.2 Å². The number of aliphatic hydroxyl groups excluding tert-OH is 1. The molecule has 11 heteroatoms. The first-order valence-corrected chi connectivity index (χ1v) is 13.5. The topological polar surface area (TPSA) is 127 Å². The Morgan fingerprint density at radius 3 is 2.49 bits per heavy atom. The van der Waals surface area contributed by atoms with Gasteiger partial charge < -0.3 is 5.11 Å². The number of hydrogen-bond acceptors (Lipinski definition) is 9. The molecule has 0 aliphatic carbocycles. The Labute approximate surface area is 231 Å². The van der Waals surface area contributed by atoms with E-state index >= 15 is 0 Å². The molecule has 194 valence electrons. The normalized spacial score (nSPS) is 15.3. The van der Waals surface area contributed by atoms with E-state index in [1.165, 1.54) is 40.9 Å². The fourth-order valence-corrected chi connectivity index (χ4v) is 5.90. The number of ketones is 1. The Kier molecular flexibility index (Phi) is 7.62. The second-order valence-electron chi connectivity index (χ2n) is 8.43. The van der Waals surface area contributed by atoms with E-state index in [-0.39, 0.29) is 22.0 Å². The average molecular weight is 557 g/mol. The van der Waals surface area contributed by atoms with Crippen LogP contribution in [0.15, 0.2) is 107 Å². The van der Waals surface area contributed by atoms with Gasteiger partial charge in [-0.1, -0.05) is 102 Å². The van der Waals surface area contributed by atoms with Gasteiger partial charge in [0.1, 0.15) is 0 Å². The highest BCUT2D eigenvalue weighted by Crippen LogP contribution is 2.43. The minimum atomic E-state index is -1.13. The molecule has 1 atom stereocenters. The van der Waals surface area contributed by atoms with E-state index in [2.05, 4.69) is 10.2 Å². The van der Waals surface area contributed by atoms with Crippen LogP contribution in [0.5, 0.6) is 0 Å². The molecule has 0 spiro atoms. The van der Waals surface area contributed by atoms with E-state index < -0.39 is 28.4 Å². The molecule has 1 amide bonds. The molecular formula is C28H20N4O5S2. The number of carbonyl (C=O) groups excluding carboxylic acids is 2. The Morgan fingerprint density at radius 1 is 1.05 bits per heavy atom. The Hall–Kier alpha value is -4.61. The molecule has 0 saturated carbocycles. The van der Waals surface area contributed by atoms with Crippen LogP contribution in [-0.2, 0) is 15.3 Å². The van der Waals surface area contributed by atoms with Gasteiger partial charge in [0.2, 0.25) is 5.13 Å². The minimum absolute atomic E-state index is 0.161. The number of rotatable bonds is 9. The molecule has 1 unspecified atom stereocenters. The quantitative estimate of drug-likeness (QED) is 0.0885. The summed E-state index contributed by atoms with van der Waals surface area (Å²) in [6, 6.07) is 23.4. The lowest BCUT2D eigenvalue weighted by Gasteiger charge is -2.23. The molecule has 5 rings (SSSR count). The molecule has 1 aliphatic heterocycles. The van der Waals surface area contributed by atoms with Gasteiger partial charge in [0.15, 0.2) is 15.9 Å². The molecule has 1 N–H and O–H groups in total. The first-order valence-electron chi connectivity index (χ1n) is 11.7. The number of aliphatic hydroxyl groups is 1. The van der Waals surface area contributed by atoms with Crippen molar-refractivity contribution in [3.05, 3.63) is 129 Å². The number of nitrogens with zero attached hydrogens (tertiary/aromatic N) is 4. The van der Waals surface area contributed by atoms with Crippen molar-refractivity contribution in [3.63, 3.8) is 0 Å². The molecule has 3 aromatic carbocycles. The molecule has 1 aliphatic rings. The van der Waals surface area contributed by atoms with E-state index in [1.807, 2.05) is 48.5 Å². The lowest BCUT2D eigenvalue weighted by molar-refractivity contribution is -0.384. The zero-order valence-corrected chi connectivity index (χ0v) is 21.8. The van der Waals surface area contributed by atoms with Crippen molar-refractivity contribution in [2.75, 3.05) is 4.90 Å². The van der Waals surface area contributed by atoms with E-state index in [0.29, 0.717) is 10.1 Å². The Balaban J connectivity index is 1.50. The van der Waals surface area contributed by atoms with Crippen molar-refractivity contribution in [2.45, 2.75) is 16.1 Å². The van der Waals surface area contributed by atoms with Crippen molar-refractivity contribution in [2.24, 2.45) is 0 Å². The maximum Gasteiger partial charge on any atom is 0.296 e. The van der Waals surface area contributed by atoms with E-state index in [9.17, 15) is 24.8 Å². The van der Waals surface area contributed by atoms with Crippen LogP contribution in [0.3, 0.4) is 0 Å². The van der Waals surface area contributed by atoms with Crippen LogP contribution in [0, 0.1) is 10.1 Å². The van der Waals surface area contributed by atoms with Crippen molar-refractivity contribution in [1.82, 2.24) is 10.2 Å². The first-order chi connectivity index (χ1) is 18.9. The van der Waals surface area contributed by atoms with Crippen LogP contribution in [0.4, 0.5) is 10.8 Å². The predicted octanol–water partition coefficient (Wildman–Crippen LogP) is 5.92. The zero-order valence-electron chi connectivity index (χ0n) is 20.2. The molecule has 0 bridgehead atoms. The molecule has 0 radical (unpaired) electrons. The molecule has 2 heterocycles. The lowest BCUT2D eigenvalue weighted by atomic mass is 9.95. The van der Waals surface area contributed by atoms with Gasteiger partial charge in [0.05, 0.1) is 16.5 Å². The number of carbonyl (C=O) groups is 2. The summed E-state index contributed by atoms with van der Waals surface area (Å²) in [4.78, 5) is 38.8. The Morgan fingerprint density at radius 2 is 1.77 bits per heavy atom. The molecule has 0 saturated heterocycles. The second kappa shape index (κ2) is 11.4. The molecule has 1 aromatic heterocycles. The minimum Gasteiger partial charge on any atom is -0.503 e. The van der Waals surface area contributed by atoms with Crippen LogP contribution in [-0.4, -0.2) is 31.9 Å². The summed E-state index contributed by atoms with van der Waals surface area (Å²) in [5, 5.41) is 30.9. The third kappa shape index (κ3) is 5.64. The number of hydrogen-bond donors (Lipinski definition) is 1. The van der Waals surface area contributed by atoms with Crippen molar-refractivity contribution in [1.29, 1.82) is 0 Å². The van der Waals surface area contributed by atoms with Crippen LogP contribution >= 0.6 is 23.1 Å². The number of aromatic nitrogens is 2. The van der Waals surface area contributed by atoms with Gasteiger partial charge >= 0.3 is 0 Å². The number of allylic oxidation sites excluding steroid dienone is 1. The van der Waals surface area contributed by atoms with Gasteiger partial charge in [-0.25, -0.2) is 0 Å². The number of nitro groups is 1. The van der Waals surface area contributed by atoms with Gasteiger partial charge in [0.25, 0.3) is 11.6 Å². The molecule has 9 nitrogen and oxygen atoms in total. The van der Waals surface area contributed by atoms with E-state index in [0.717, 1.165) is 22.5 Å². The third-order valence-corrected chi connectivity index (χ3v) is 8.03. The second-order valence-corrected chi connectivity index (χ2v) is 10.6. The third-order valence-electron chi connectivity index (χ3n) is 5.90. The maximum absolute atomic E-state index is 13.4. The first kappa shape index (κ1) is 26.0. The van der Waals surface area contributed by atoms with Crippen molar-refractivity contribution >= 4 is 51.7 Å². The number of nitro benzene ring substituents is 1. The summed E-state index contributed by atoms with van der Waals surface area (Å²) in [6.45, 7) is 0. The number of amides is 1. The molecule has 0 fully saturated rings. The molecule has 4 aromatic rings. The number of thioether (sulfide) groups is 1. The monoisotopic (exact) mass is 556 g/mol. The van der Waals surface area contributed by atoms with Crippen molar-refractivity contribution < 1.29 is 19.6 Å². The van der Waals surface area contributed by atoms with Gasteiger partial charge in [0, 0.05) is 17.9 Å². The highest BCUT2D eigenvalue weighted by Gasteiger charge is 2.45. The SMILES string of the molecule is O=C(/C=C/c1ccccc1)C1=C(O)C(=O)N(c2nnc(SCc3ccccc3)s2)C1c1cccc([N+](=O)[O-])c1. The lowest BCUT2D eigenvalue weighted by Crippen LogP contribution is -2.30. The van der Waals surface area contributed by atoms with Crippen LogP contribution in [0.1, 0.15) is 22.7 Å². The number of benzene rings is 3. The highest BCUT2D eigenvalue weighted by atomic mass is 32.2. The standard InChI is InChI=1S/C28H20N4O5S2/c33-22(15-14-18-8-3-1-4-9-18)23-24(20-12-7-13-21(16-20)32(36)37)31(26(35)25(23)34)27-29-30-28(39-27)38-17-19-10-5-2-6-11-19/h1-16,24,34H,17H2/b15-14+. The fourth-order valence-electron chi connectivity index (χ4n) is 4.08. The number of anilines is 1. The van der Waals surface area contributed by atoms with E-state index in [4.69, 9.17) is 0 Å². The smallest absolute Gasteiger partial charge is 0.296 e. The van der Waals surface area contributed by atoms with Crippen LogP contribution in [0.2, 0.25) is 0 Å². The maximum atomic E-state index is 13.4. The summed E-state index contributed by atoms with van der Waals surface area (Å²) < 4.78 is 0.586. The Bertz CT molecular complexity index is 1600.